The Labute approximate surface area is 168 Å². The van der Waals surface area contributed by atoms with Gasteiger partial charge in [0.05, 0.1) is 18.5 Å². The van der Waals surface area contributed by atoms with E-state index in [0.717, 1.165) is 41.4 Å². The average Bonchev–Trinajstić information content (AvgIpc) is 3.39. The Hall–Kier alpha value is -2.49. The molecule has 0 aromatic carbocycles. The summed E-state index contributed by atoms with van der Waals surface area (Å²) in [5.74, 6) is 1.42. The van der Waals surface area contributed by atoms with Crippen LogP contribution in [0.25, 0.3) is 6.08 Å². The molecule has 0 saturated carbocycles. The van der Waals surface area contributed by atoms with Gasteiger partial charge in [0.1, 0.15) is 11.5 Å². The van der Waals surface area contributed by atoms with E-state index in [2.05, 4.69) is 42.9 Å². The SMILES string of the molecule is CCCCCCc1cc(CC(C)C)c(/C=C2/N=C(c3ccc[nH]3)C=C2OC)[nH]1. The van der Waals surface area contributed by atoms with Gasteiger partial charge in [-0.1, -0.05) is 40.0 Å². The summed E-state index contributed by atoms with van der Waals surface area (Å²) in [4.78, 5) is 11.7. The van der Waals surface area contributed by atoms with Gasteiger partial charge in [-0.15, -0.1) is 0 Å². The molecule has 3 rings (SSSR count). The Morgan fingerprint density at radius 3 is 2.75 bits per heavy atom. The molecule has 4 heteroatoms. The van der Waals surface area contributed by atoms with Crippen LogP contribution in [-0.2, 0) is 17.6 Å². The fourth-order valence-electron chi connectivity index (χ4n) is 3.64. The van der Waals surface area contributed by atoms with E-state index in [-0.39, 0.29) is 0 Å². The number of allylic oxidation sites excluding steroid dienone is 1. The van der Waals surface area contributed by atoms with E-state index >= 15 is 0 Å². The number of H-pyrrole nitrogens is 2. The second-order valence-corrected chi connectivity index (χ2v) is 7.97. The number of ether oxygens (including phenoxy) is 1. The predicted molar refractivity (Wildman–Crippen MR) is 118 cm³/mol. The minimum atomic E-state index is 0.611. The van der Waals surface area contributed by atoms with Crippen LogP contribution in [0.3, 0.4) is 0 Å². The highest BCUT2D eigenvalue weighted by atomic mass is 16.5. The van der Waals surface area contributed by atoms with E-state index in [0.29, 0.717) is 5.92 Å². The minimum Gasteiger partial charge on any atom is -0.494 e. The number of hydrogen-bond acceptors (Lipinski definition) is 2. The molecule has 0 radical (unpaired) electrons. The van der Waals surface area contributed by atoms with E-state index in [1.165, 1.54) is 36.9 Å². The second-order valence-electron chi connectivity index (χ2n) is 7.97. The lowest BCUT2D eigenvalue weighted by atomic mass is 10.0. The van der Waals surface area contributed by atoms with Crippen molar-refractivity contribution < 1.29 is 4.74 Å². The van der Waals surface area contributed by atoms with Crippen LogP contribution in [0.15, 0.2) is 46.9 Å². The lowest BCUT2D eigenvalue weighted by molar-refractivity contribution is 0.303. The van der Waals surface area contributed by atoms with Crippen LogP contribution in [0.5, 0.6) is 0 Å². The zero-order valence-corrected chi connectivity index (χ0v) is 17.6. The number of nitrogens with one attached hydrogen (secondary N) is 2. The third-order valence-corrected chi connectivity index (χ3v) is 5.05. The number of aliphatic imine (C=N–C) groups is 1. The molecule has 4 nitrogen and oxygen atoms in total. The molecule has 2 N–H and O–H groups in total. The van der Waals surface area contributed by atoms with Crippen molar-refractivity contribution in [1.82, 2.24) is 9.97 Å². The topological polar surface area (TPSA) is 53.2 Å². The first-order chi connectivity index (χ1) is 13.6. The van der Waals surface area contributed by atoms with Crippen molar-refractivity contribution in [2.24, 2.45) is 10.9 Å². The number of unbranched alkanes of at least 4 members (excludes halogenated alkanes) is 3. The molecule has 1 aliphatic heterocycles. The van der Waals surface area contributed by atoms with E-state index in [4.69, 9.17) is 9.73 Å². The van der Waals surface area contributed by atoms with Crippen LogP contribution < -0.4 is 0 Å². The van der Waals surface area contributed by atoms with Gasteiger partial charge in [-0.25, -0.2) is 4.99 Å². The molecule has 0 amide bonds. The van der Waals surface area contributed by atoms with E-state index in [9.17, 15) is 0 Å². The molecule has 1 aliphatic rings. The Morgan fingerprint density at radius 1 is 1.21 bits per heavy atom. The minimum absolute atomic E-state index is 0.611. The van der Waals surface area contributed by atoms with Crippen LogP contribution in [0.4, 0.5) is 0 Å². The lowest BCUT2D eigenvalue weighted by Gasteiger charge is -2.05. The van der Waals surface area contributed by atoms with Gasteiger partial charge >= 0.3 is 0 Å². The van der Waals surface area contributed by atoms with Crippen LogP contribution in [0.2, 0.25) is 0 Å². The summed E-state index contributed by atoms with van der Waals surface area (Å²) < 4.78 is 5.59. The fraction of sp³-hybridized carbons (Fsp3) is 0.458. The summed E-state index contributed by atoms with van der Waals surface area (Å²) in [7, 11) is 1.70. The maximum atomic E-state index is 5.59. The highest BCUT2D eigenvalue weighted by molar-refractivity contribution is 6.11. The summed E-state index contributed by atoms with van der Waals surface area (Å²) in [5, 5.41) is 0. The second kappa shape index (κ2) is 9.63. The van der Waals surface area contributed by atoms with E-state index in [1.807, 2.05) is 24.4 Å². The van der Waals surface area contributed by atoms with Crippen molar-refractivity contribution in [2.75, 3.05) is 7.11 Å². The Kier molecular flexibility index (Phi) is 6.96. The number of rotatable bonds is 10. The van der Waals surface area contributed by atoms with Crippen molar-refractivity contribution in [3.05, 3.63) is 64.6 Å². The summed E-state index contributed by atoms with van der Waals surface area (Å²) in [5.41, 5.74) is 6.64. The molecule has 0 unspecified atom stereocenters. The maximum absolute atomic E-state index is 5.59. The normalized spacial score (nSPS) is 15.4. The first-order valence-electron chi connectivity index (χ1n) is 10.5. The first-order valence-corrected chi connectivity index (χ1v) is 10.5. The summed E-state index contributed by atoms with van der Waals surface area (Å²) >= 11 is 0. The van der Waals surface area contributed by atoms with Crippen molar-refractivity contribution in [3.63, 3.8) is 0 Å². The largest absolute Gasteiger partial charge is 0.494 e. The smallest absolute Gasteiger partial charge is 0.146 e. The monoisotopic (exact) mass is 379 g/mol. The van der Waals surface area contributed by atoms with Gasteiger partial charge in [0.15, 0.2) is 0 Å². The Bertz CT molecular complexity index is 851. The zero-order chi connectivity index (χ0) is 19.9. The molecule has 0 atom stereocenters. The molecule has 0 fully saturated rings. The molecule has 2 aromatic heterocycles. The third kappa shape index (κ3) is 5.06. The van der Waals surface area contributed by atoms with Crippen molar-refractivity contribution >= 4 is 11.8 Å². The van der Waals surface area contributed by atoms with E-state index < -0.39 is 0 Å². The van der Waals surface area contributed by atoms with Gasteiger partial charge in [-0.3, -0.25) is 0 Å². The third-order valence-electron chi connectivity index (χ3n) is 5.05. The molecule has 0 bridgehead atoms. The van der Waals surface area contributed by atoms with Crippen LogP contribution in [0.1, 0.15) is 69.1 Å². The number of nitrogens with zero attached hydrogens (tertiary/aromatic N) is 1. The molecule has 0 spiro atoms. The predicted octanol–water partition coefficient (Wildman–Crippen LogP) is 6.04. The summed E-state index contributed by atoms with van der Waals surface area (Å²) in [6.07, 6.45) is 13.3. The van der Waals surface area contributed by atoms with Gasteiger partial charge in [-0.05, 0) is 55.0 Å². The van der Waals surface area contributed by atoms with Crippen molar-refractivity contribution in [2.45, 2.75) is 59.3 Å². The molecule has 0 saturated heterocycles. The maximum Gasteiger partial charge on any atom is 0.146 e. The highest BCUT2D eigenvalue weighted by Gasteiger charge is 2.18. The molecule has 28 heavy (non-hydrogen) atoms. The fourth-order valence-corrected chi connectivity index (χ4v) is 3.64. The number of methoxy groups -OCH3 is 1. The number of aromatic nitrogens is 2. The Morgan fingerprint density at radius 2 is 2.07 bits per heavy atom. The van der Waals surface area contributed by atoms with Crippen molar-refractivity contribution in [3.8, 4) is 0 Å². The number of aryl methyl sites for hydroxylation is 1. The zero-order valence-electron chi connectivity index (χ0n) is 17.6. The van der Waals surface area contributed by atoms with Crippen LogP contribution >= 0.6 is 0 Å². The summed E-state index contributed by atoms with van der Waals surface area (Å²) in [6, 6.07) is 6.36. The quantitative estimate of drug-likeness (QED) is 0.486. The first kappa shape index (κ1) is 20.2. The number of hydrogen-bond donors (Lipinski definition) is 2. The Balaban J connectivity index is 1.86. The van der Waals surface area contributed by atoms with Crippen LogP contribution in [0, 0.1) is 5.92 Å². The highest BCUT2D eigenvalue weighted by Crippen LogP contribution is 2.27. The molecule has 150 valence electrons. The van der Waals surface area contributed by atoms with Crippen molar-refractivity contribution in [1.29, 1.82) is 0 Å². The number of aromatic amines is 2. The van der Waals surface area contributed by atoms with Gasteiger partial charge in [0.2, 0.25) is 0 Å². The van der Waals surface area contributed by atoms with Gasteiger partial charge in [-0.2, -0.15) is 0 Å². The average molecular weight is 380 g/mol. The molecular formula is C24H33N3O. The van der Waals surface area contributed by atoms with Crippen LogP contribution in [-0.4, -0.2) is 22.8 Å². The molecule has 3 heterocycles. The molecule has 2 aromatic rings. The van der Waals surface area contributed by atoms with Gasteiger partial charge in [0, 0.05) is 23.7 Å². The standard InChI is InChI=1S/C24H33N3O/c1-5-6-7-8-10-19-14-18(13-17(2)3)21(26-19)15-23-24(28-4)16-22(27-23)20-11-9-12-25-20/h9,11-12,14-17,25-26H,5-8,10,13H2,1-4H3/b23-15+. The molecular weight excluding hydrogens is 346 g/mol. The van der Waals surface area contributed by atoms with Gasteiger partial charge < -0.3 is 14.7 Å². The van der Waals surface area contributed by atoms with E-state index in [1.54, 1.807) is 7.11 Å². The summed E-state index contributed by atoms with van der Waals surface area (Å²) in [6.45, 7) is 6.79. The lowest BCUT2D eigenvalue weighted by Crippen LogP contribution is -1.95. The molecule has 0 aliphatic carbocycles. The van der Waals surface area contributed by atoms with Gasteiger partial charge in [0.25, 0.3) is 0 Å².